The van der Waals surface area contributed by atoms with Crippen LogP contribution in [0.5, 0.6) is 0 Å². The van der Waals surface area contributed by atoms with E-state index in [4.69, 9.17) is 5.11 Å². The van der Waals surface area contributed by atoms with Crippen molar-refractivity contribution in [2.45, 2.75) is 31.8 Å². The molecule has 2 rings (SSSR count). The van der Waals surface area contributed by atoms with Gasteiger partial charge in [0.25, 0.3) is 5.91 Å². The molecular weight excluding hydrogens is 266 g/mol. The normalized spacial score (nSPS) is 22.2. The van der Waals surface area contributed by atoms with Gasteiger partial charge in [-0.2, -0.15) is 0 Å². The highest BCUT2D eigenvalue weighted by molar-refractivity contribution is 5.92. The number of aliphatic hydroxyl groups excluding tert-OH is 1. The second kappa shape index (κ2) is 7.21. The molecule has 112 valence electrons. The van der Waals surface area contributed by atoms with Gasteiger partial charge in [-0.05, 0) is 38.9 Å². The summed E-state index contributed by atoms with van der Waals surface area (Å²) in [6, 6.07) is 4.09. The van der Waals surface area contributed by atoms with Crippen molar-refractivity contribution in [2.75, 3.05) is 20.2 Å². The van der Waals surface area contributed by atoms with Crippen molar-refractivity contribution in [3.8, 4) is 11.8 Å². The number of pyridine rings is 1. The Morgan fingerprint density at radius 1 is 1.57 bits per heavy atom. The lowest BCUT2D eigenvalue weighted by Crippen LogP contribution is -2.47. The van der Waals surface area contributed by atoms with Crippen molar-refractivity contribution in [1.29, 1.82) is 0 Å². The molecular formula is C16H21N3O2. The fourth-order valence-electron chi connectivity index (χ4n) is 2.42. The van der Waals surface area contributed by atoms with E-state index in [1.165, 1.54) is 0 Å². The molecule has 1 aromatic rings. The summed E-state index contributed by atoms with van der Waals surface area (Å²) in [5.74, 6) is 5.16. The van der Waals surface area contributed by atoms with Crippen molar-refractivity contribution in [3.05, 3.63) is 29.6 Å². The molecule has 0 aliphatic carbocycles. The fourth-order valence-corrected chi connectivity index (χ4v) is 2.42. The molecule has 0 saturated carbocycles. The van der Waals surface area contributed by atoms with Crippen LogP contribution in [0.3, 0.4) is 0 Å². The first-order valence-corrected chi connectivity index (χ1v) is 7.17. The Balaban J connectivity index is 1.94. The van der Waals surface area contributed by atoms with Crippen molar-refractivity contribution in [1.82, 2.24) is 15.2 Å². The van der Waals surface area contributed by atoms with Gasteiger partial charge in [0.05, 0.1) is 0 Å². The summed E-state index contributed by atoms with van der Waals surface area (Å²) in [5.41, 5.74) is 1.09. The summed E-state index contributed by atoms with van der Waals surface area (Å²) in [4.78, 5) is 18.6. The molecule has 1 aliphatic heterocycles. The van der Waals surface area contributed by atoms with E-state index in [0.717, 1.165) is 19.4 Å². The van der Waals surface area contributed by atoms with Gasteiger partial charge in [-0.25, -0.2) is 4.98 Å². The number of piperidine rings is 1. The van der Waals surface area contributed by atoms with Crippen LogP contribution in [-0.4, -0.2) is 53.2 Å². The van der Waals surface area contributed by atoms with E-state index in [-0.39, 0.29) is 18.6 Å². The average molecular weight is 287 g/mol. The molecule has 2 unspecified atom stereocenters. The summed E-state index contributed by atoms with van der Waals surface area (Å²) in [6.45, 7) is 2.98. The Labute approximate surface area is 125 Å². The molecule has 1 saturated heterocycles. The predicted molar refractivity (Wildman–Crippen MR) is 80.8 cm³/mol. The highest BCUT2D eigenvalue weighted by Gasteiger charge is 2.24. The number of nitrogens with one attached hydrogen (secondary N) is 1. The van der Waals surface area contributed by atoms with E-state index in [9.17, 15) is 4.79 Å². The fraction of sp³-hybridized carbons (Fsp3) is 0.500. The van der Waals surface area contributed by atoms with Crippen LogP contribution in [0, 0.1) is 11.8 Å². The molecule has 1 aliphatic rings. The van der Waals surface area contributed by atoms with E-state index >= 15 is 0 Å². The van der Waals surface area contributed by atoms with Gasteiger partial charge in [-0.3, -0.25) is 4.79 Å². The van der Waals surface area contributed by atoms with Crippen LogP contribution < -0.4 is 5.32 Å². The minimum atomic E-state index is -0.184. The molecule has 21 heavy (non-hydrogen) atoms. The monoisotopic (exact) mass is 287 g/mol. The van der Waals surface area contributed by atoms with Gasteiger partial charge in [0.2, 0.25) is 0 Å². The van der Waals surface area contributed by atoms with E-state index in [1.807, 2.05) is 0 Å². The summed E-state index contributed by atoms with van der Waals surface area (Å²) in [6.07, 6.45) is 3.48. The molecule has 2 N–H and O–H groups in total. The van der Waals surface area contributed by atoms with Crippen LogP contribution in [-0.2, 0) is 0 Å². The Hall–Kier alpha value is -1.90. The zero-order valence-corrected chi connectivity index (χ0v) is 12.5. The minimum Gasteiger partial charge on any atom is -0.384 e. The molecule has 0 radical (unpaired) electrons. The number of aromatic nitrogens is 1. The number of carbonyl (C=O) groups excluding carboxylic acids is 1. The number of aliphatic hydroxyl groups is 1. The lowest BCUT2D eigenvalue weighted by molar-refractivity contribution is 0.0891. The second-order valence-corrected chi connectivity index (χ2v) is 5.42. The number of nitrogens with zero attached hydrogens (tertiary/aromatic N) is 2. The molecule has 5 nitrogen and oxygen atoms in total. The molecule has 1 aromatic heterocycles. The molecule has 0 spiro atoms. The van der Waals surface area contributed by atoms with Gasteiger partial charge in [0.15, 0.2) is 0 Å². The highest BCUT2D eigenvalue weighted by atomic mass is 16.2. The molecule has 2 atom stereocenters. The molecule has 1 fully saturated rings. The maximum Gasteiger partial charge on any atom is 0.270 e. The predicted octanol–water partition coefficient (Wildman–Crippen LogP) is 0.638. The van der Waals surface area contributed by atoms with Crippen molar-refractivity contribution in [2.24, 2.45) is 0 Å². The average Bonchev–Trinajstić information content (AvgIpc) is 2.49. The molecule has 0 bridgehead atoms. The summed E-state index contributed by atoms with van der Waals surface area (Å²) in [5, 5.41) is 11.7. The largest absolute Gasteiger partial charge is 0.384 e. The highest BCUT2D eigenvalue weighted by Crippen LogP contribution is 2.15. The number of hydrogen-bond donors (Lipinski definition) is 2. The van der Waals surface area contributed by atoms with Gasteiger partial charge in [-0.15, -0.1) is 0 Å². The van der Waals surface area contributed by atoms with Crippen molar-refractivity contribution < 1.29 is 9.90 Å². The van der Waals surface area contributed by atoms with Gasteiger partial charge in [0, 0.05) is 30.4 Å². The molecule has 5 heteroatoms. The molecule has 0 aromatic carbocycles. The second-order valence-electron chi connectivity index (χ2n) is 5.42. The van der Waals surface area contributed by atoms with Gasteiger partial charge >= 0.3 is 0 Å². The first-order chi connectivity index (χ1) is 10.1. The van der Waals surface area contributed by atoms with Gasteiger partial charge < -0.3 is 15.3 Å². The third-order valence-electron chi connectivity index (χ3n) is 3.85. The zero-order valence-electron chi connectivity index (χ0n) is 12.5. The maximum atomic E-state index is 12.2. The quantitative estimate of drug-likeness (QED) is 0.783. The Bertz CT molecular complexity index is 545. The number of rotatable bonds is 2. The van der Waals surface area contributed by atoms with Crippen LogP contribution in [0.4, 0.5) is 0 Å². The molecule has 1 amide bonds. The van der Waals surface area contributed by atoms with Gasteiger partial charge in [0.1, 0.15) is 12.3 Å². The zero-order chi connectivity index (χ0) is 15.2. The minimum absolute atomic E-state index is 0.140. The third kappa shape index (κ3) is 4.28. The maximum absolute atomic E-state index is 12.2. The van der Waals surface area contributed by atoms with Gasteiger partial charge in [-0.1, -0.05) is 11.8 Å². The third-order valence-corrected chi connectivity index (χ3v) is 3.85. The standard InChI is InChI=1S/C16H21N3O2/c1-12-10-14(7-8-19(12)2)18-16(21)15-6-5-13(11-17-15)4-3-9-20/h5-6,11-12,14,20H,7-10H2,1-2H3,(H,18,21). The topological polar surface area (TPSA) is 65.5 Å². The Morgan fingerprint density at radius 3 is 3.00 bits per heavy atom. The number of amides is 1. The number of likely N-dealkylation sites (tertiary alicyclic amines) is 1. The van der Waals surface area contributed by atoms with Crippen LogP contribution in [0.1, 0.15) is 35.8 Å². The summed E-state index contributed by atoms with van der Waals surface area (Å²) < 4.78 is 0. The number of hydrogen-bond acceptors (Lipinski definition) is 4. The van der Waals surface area contributed by atoms with E-state index in [2.05, 4.69) is 41.0 Å². The SMILES string of the molecule is CC1CC(NC(=O)c2ccc(C#CCO)cn2)CCN1C. The number of carbonyl (C=O) groups is 1. The smallest absolute Gasteiger partial charge is 0.270 e. The lowest BCUT2D eigenvalue weighted by Gasteiger charge is -2.35. The first-order valence-electron chi connectivity index (χ1n) is 7.17. The van der Waals surface area contributed by atoms with E-state index in [0.29, 0.717) is 17.3 Å². The Morgan fingerprint density at radius 2 is 2.38 bits per heavy atom. The van der Waals surface area contributed by atoms with Crippen LogP contribution >= 0.6 is 0 Å². The van der Waals surface area contributed by atoms with E-state index < -0.39 is 0 Å². The summed E-state index contributed by atoms with van der Waals surface area (Å²) in [7, 11) is 2.11. The van der Waals surface area contributed by atoms with Crippen LogP contribution in [0.2, 0.25) is 0 Å². The van der Waals surface area contributed by atoms with Crippen molar-refractivity contribution in [3.63, 3.8) is 0 Å². The lowest BCUT2D eigenvalue weighted by atomic mass is 9.99. The summed E-state index contributed by atoms with van der Waals surface area (Å²) >= 11 is 0. The van der Waals surface area contributed by atoms with E-state index in [1.54, 1.807) is 18.3 Å². The Kier molecular flexibility index (Phi) is 5.32. The first kappa shape index (κ1) is 15.5. The molecule has 2 heterocycles. The van der Waals surface area contributed by atoms with Crippen molar-refractivity contribution >= 4 is 5.91 Å². The van der Waals surface area contributed by atoms with Crippen LogP contribution in [0.25, 0.3) is 0 Å². The van der Waals surface area contributed by atoms with Crippen LogP contribution in [0.15, 0.2) is 18.3 Å².